The molecule has 1 heterocycles. The fraction of sp³-hybridized carbons (Fsp3) is 0.667. The normalized spacial score (nSPS) is 18.4. The Labute approximate surface area is 96.4 Å². The Bertz CT molecular complexity index is 348. The number of nitrogens with one attached hydrogen (secondary N) is 1. The van der Waals surface area contributed by atoms with Crippen LogP contribution in [0.5, 0.6) is 5.88 Å². The Hall–Kier alpha value is -1.32. The summed E-state index contributed by atoms with van der Waals surface area (Å²) in [5.74, 6) is 1.32. The van der Waals surface area contributed by atoms with E-state index in [9.17, 15) is 0 Å². The molecule has 1 aromatic heterocycles. The van der Waals surface area contributed by atoms with Crippen LogP contribution in [0.3, 0.4) is 0 Å². The van der Waals surface area contributed by atoms with Crippen molar-refractivity contribution in [1.29, 1.82) is 0 Å². The van der Waals surface area contributed by atoms with Crippen LogP contribution in [-0.4, -0.2) is 22.1 Å². The van der Waals surface area contributed by atoms with Crippen molar-refractivity contribution >= 4 is 5.95 Å². The van der Waals surface area contributed by atoms with Crippen molar-refractivity contribution in [1.82, 2.24) is 9.97 Å². The standard InChI is InChI=1S/C12H19N3O/c1-3-16-10-6-9-13-11(14-10)15-12(2)7-4-5-8-12/h6,9H,3-5,7-8H2,1-2H3,(H,13,14,15). The van der Waals surface area contributed by atoms with E-state index in [1.807, 2.05) is 6.92 Å². The lowest BCUT2D eigenvalue weighted by molar-refractivity contribution is 0.326. The van der Waals surface area contributed by atoms with Crippen molar-refractivity contribution in [3.63, 3.8) is 0 Å². The maximum absolute atomic E-state index is 5.35. The van der Waals surface area contributed by atoms with Gasteiger partial charge in [0.15, 0.2) is 0 Å². The first-order valence-corrected chi connectivity index (χ1v) is 5.96. The van der Waals surface area contributed by atoms with Crippen LogP contribution in [0.15, 0.2) is 12.3 Å². The minimum absolute atomic E-state index is 0.158. The molecule has 0 radical (unpaired) electrons. The number of rotatable bonds is 4. The van der Waals surface area contributed by atoms with Crippen molar-refractivity contribution in [2.45, 2.75) is 45.1 Å². The van der Waals surface area contributed by atoms with E-state index in [1.165, 1.54) is 25.7 Å². The van der Waals surface area contributed by atoms with E-state index in [1.54, 1.807) is 12.3 Å². The van der Waals surface area contributed by atoms with Crippen molar-refractivity contribution in [3.05, 3.63) is 12.3 Å². The minimum Gasteiger partial charge on any atom is -0.478 e. The molecule has 1 N–H and O–H groups in total. The molecule has 1 aliphatic rings. The average Bonchev–Trinajstić information content (AvgIpc) is 2.66. The molecule has 1 aromatic rings. The Morgan fingerprint density at radius 3 is 2.88 bits per heavy atom. The maximum Gasteiger partial charge on any atom is 0.226 e. The SMILES string of the molecule is CCOc1ccnc(NC2(C)CCCC2)n1. The van der Waals surface area contributed by atoms with Crippen molar-refractivity contribution in [2.24, 2.45) is 0 Å². The molecule has 0 unspecified atom stereocenters. The van der Waals surface area contributed by atoms with E-state index in [4.69, 9.17) is 4.74 Å². The predicted molar refractivity (Wildman–Crippen MR) is 63.7 cm³/mol. The molecule has 2 rings (SSSR count). The van der Waals surface area contributed by atoms with Crippen LogP contribution in [0, 0.1) is 0 Å². The minimum atomic E-state index is 0.158. The fourth-order valence-corrected chi connectivity index (χ4v) is 2.18. The van der Waals surface area contributed by atoms with Gasteiger partial charge in [0, 0.05) is 17.8 Å². The Morgan fingerprint density at radius 2 is 2.19 bits per heavy atom. The molecule has 0 spiro atoms. The van der Waals surface area contributed by atoms with E-state index in [-0.39, 0.29) is 5.54 Å². The first-order valence-electron chi connectivity index (χ1n) is 5.96. The van der Waals surface area contributed by atoms with Gasteiger partial charge in [0.2, 0.25) is 11.8 Å². The largest absolute Gasteiger partial charge is 0.478 e. The van der Waals surface area contributed by atoms with E-state index >= 15 is 0 Å². The zero-order chi connectivity index (χ0) is 11.4. The highest BCUT2D eigenvalue weighted by Crippen LogP contribution is 2.31. The van der Waals surface area contributed by atoms with Gasteiger partial charge in [0.25, 0.3) is 0 Å². The molecule has 0 saturated heterocycles. The summed E-state index contributed by atoms with van der Waals surface area (Å²) in [4.78, 5) is 8.55. The number of hydrogen-bond acceptors (Lipinski definition) is 4. The second-order valence-corrected chi connectivity index (χ2v) is 4.54. The maximum atomic E-state index is 5.35. The van der Waals surface area contributed by atoms with Gasteiger partial charge in [0.05, 0.1) is 6.61 Å². The van der Waals surface area contributed by atoms with Crippen LogP contribution in [0.1, 0.15) is 39.5 Å². The van der Waals surface area contributed by atoms with Crippen LogP contribution >= 0.6 is 0 Å². The van der Waals surface area contributed by atoms with E-state index in [0.29, 0.717) is 18.4 Å². The molecule has 0 aromatic carbocycles. The number of hydrogen-bond donors (Lipinski definition) is 1. The first kappa shape index (κ1) is 11.2. The highest BCUT2D eigenvalue weighted by Gasteiger charge is 2.29. The molecule has 1 fully saturated rings. The van der Waals surface area contributed by atoms with E-state index < -0.39 is 0 Å². The third kappa shape index (κ3) is 2.62. The second-order valence-electron chi connectivity index (χ2n) is 4.54. The van der Waals surface area contributed by atoms with Gasteiger partial charge in [-0.25, -0.2) is 4.98 Å². The van der Waals surface area contributed by atoms with Gasteiger partial charge in [-0.05, 0) is 26.7 Å². The molecule has 16 heavy (non-hydrogen) atoms. The lowest BCUT2D eigenvalue weighted by Gasteiger charge is -2.25. The molecule has 0 aliphatic heterocycles. The molecule has 1 saturated carbocycles. The van der Waals surface area contributed by atoms with Crippen molar-refractivity contribution in [3.8, 4) is 5.88 Å². The van der Waals surface area contributed by atoms with Crippen LogP contribution in [0.4, 0.5) is 5.95 Å². The predicted octanol–water partition coefficient (Wildman–Crippen LogP) is 2.62. The van der Waals surface area contributed by atoms with Crippen LogP contribution in [-0.2, 0) is 0 Å². The molecule has 4 heteroatoms. The summed E-state index contributed by atoms with van der Waals surface area (Å²) in [6.07, 6.45) is 6.69. The molecule has 4 nitrogen and oxygen atoms in total. The smallest absolute Gasteiger partial charge is 0.226 e. The molecule has 88 valence electrons. The summed E-state index contributed by atoms with van der Waals surface area (Å²) in [5, 5.41) is 3.41. The number of anilines is 1. The summed E-state index contributed by atoms with van der Waals surface area (Å²) in [6, 6.07) is 1.78. The summed E-state index contributed by atoms with van der Waals surface area (Å²) < 4.78 is 5.35. The second kappa shape index (κ2) is 4.68. The topological polar surface area (TPSA) is 47.0 Å². The third-order valence-electron chi connectivity index (χ3n) is 3.04. The lowest BCUT2D eigenvalue weighted by Crippen LogP contribution is -2.31. The Morgan fingerprint density at radius 1 is 1.44 bits per heavy atom. The summed E-state index contributed by atoms with van der Waals surface area (Å²) >= 11 is 0. The Kier molecular flexibility index (Phi) is 3.27. The summed E-state index contributed by atoms with van der Waals surface area (Å²) in [7, 11) is 0. The van der Waals surface area contributed by atoms with Crippen molar-refractivity contribution in [2.75, 3.05) is 11.9 Å². The van der Waals surface area contributed by atoms with Crippen molar-refractivity contribution < 1.29 is 4.74 Å². The van der Waals surface area contributed by atoms with E-state index in [2.05, 4.69) is 22.2 Å². The first-order chi connectivity index (χ1) is 7.72. The number of nitrogens with zero attached hydrogens (tertiary/aromatic N) is 2. The summed E-state index contributed by atoms with van der Waals surface area (Å²) in [5.41, 5.74) is 0.158. The highest BCUT2D eigenvalue weighted by molar-refractivity contribution is 5.31. The van der Waals surface area contributed by atoms with Gasteiger partial charge in [-0.1, -0.05) is 12.8 Å². The van der Waals surface area contributed by atoms with Crippen LogP contribution < -0.4 is 10.1 Å². The Balaban J connectivity index is 2.05. The fourth-order valence-electron chi connectivity index (χ4n) is 2.18. The average molecular weight is 221 g/mol. The zero-order valence-corrected chi connectivity index (χ0v) is 9.99. The molecule has 0 bridgehead atoms. The molecular weight excluding hydrogens is 202 g/mol. The third-order valence-corrected chi connectivity index (χ3v) is 3.04. The van der Waals surface area contributed by atoms with Gasteiger partial charge in [-0.2, -0.15) is 4.98 Å². The molecular formula is C12H19N3O. The molecule has 0 amide bonds. The number of aromatic nitrogens is 2. The van der Waals surface area contributed by atoms with Gasteiger partial charge in [-0.15, -0.1) is 0 Å². The molecule has 0 atom stereocenters. The van der Waals surface area contributed by atoms with E-state index in [0.717, 1.165) is 0 Å². The van der Waals surface area contributed by atoms with Gasteiger partial charge >= 0.3 is 0 Å². The van der Waals surface area contributed by atoms with Gasteiger partial charge in [-0.3, -0.25) is 0 Å². The highest BCUT2D eigenvalue weighted by atomic mass is 16.5. The lowest BCUT2D eigenvalue weighted by atomic mass is 10.0. The number of ether oxygens (including phenoxy) is 1. The van der Waals surface area contributed by atoms with Gasteiger partial charge in [0.1, 0.15) is 0 Å². The molecule has 1 aliphatic carbocycles. The summed E-state index contributed by atoms with van der Waals surface area (Å²) in [6.45, 7) is 4.82. The van der Waals surface area contributed by atoms with Crippen LogP contribution in [0.2, 0.25) is 0 Å². The monoisotopic (exact) mass is 221 g/mol. The quantitative estimate of drug-likeness (QED) is 0.849. The van der Waals surface area contributed by atoms with Gasteiger partial charge < -0.3 is 10.1 Å². The van der Waals surface area contributed by atoms with Crippen LogP contribution in [0.25, 0.3) is 0 Å². The zero-order valence-electron chi connectivity index (χ0n) is 9.99.